The van der Waals surface area contributed by atoms with Gasteiger partial charge in [0.2, 0.25) is 0 Å². The highest BCUT2D eigenvalue weighted by atomic mass is 15.0. The lowest BCUT2D eigenvalue weighted by atomic mass is 9.98. The first-order valence-corrected chi connectivity index (χ1v) is 25.6. The van der Waals surface area contributed by atoms with E-state index in [1.54, 1.807) is 0 Å². The second-order valence-electron chi connectivity index (χ2n) is 21.0. The minimum absolute atomic E-state index is 0.540. The van der Waals surface area contributed by atoms with Gasteiger partial charge in [-0.15, -0.1) is 0 Å². The summed E-state index contributed by atoms with van der Waals surface area (Å²) in [6, 6.07) is 63.5. The van der Waals surface area contributed by atoms with Gasteiger partial charge in [-0.1, -0.05) is 166 Å². The summed E-state index contributed by atoms with van der Waals surface area (Å²) in [7, 11) is 0. The molecule has 0 fully saturated rings. The summed E-state index contributed by atoms with van der Waals surface area (Å²) in [5.41, 5.74) is 27.8. The Labute approximate surface area is 433 Å². The predicted octanol–water partition coefficient (Wildman–Crippen LogP) is 18.0. The van der Waals surface area contributed by atoms with E-state index >= 15 is 0 Å². The molecule has 5 nitrogen and oxygen atoms in total. The van der Waals surface area contributed by atoms with Crippen LogP contribution in [-0.4, -0.2) is 19.1 Å². The fraction of sp³-hybridized carbons (Fsp3) is 0.145. The molecule has 12 aromatic rings. The van der Waals surface area contributed by atoms with Gasteiger partial charge in [0.05, 0.1) is 50.8 Å². The van der Waals surface area contributed by atoms with Crippen LogP contribution in [-0.2, 0) is 0 Å². The molecule has 74 heavy (non-hydrogen) atoms. The van der Waals surface area contributed by atoms with Crippen LogP contribution in [0.1, 0.15) is 61.6 Å². The highest BCUT2D eigenvalue weighted by Gasteiger charge is 2.26. The summed E-state index contributed by atoms with van der Waals surface area (Å²) in [5.74, 6) is 0.675. The minimum Gasteiger partial charge on any atom is -0.308 e. The number of nitrogens with zero attached hydrogens (tertiary/aromatic N) is 5. The van der Waals surface area contributed by atoms with Gasteiger partial charge in [0.15, 0.2) is 0 Å². The van der Waals surface area contributed by atoms with Gasteiger partial charge in [-0.2, -0.15) is 5.26 Å². The van der Waals surface area contributed by atoms with Gasteiger partial charge in [0, 0.05) is 32.8 Å². The van der Waals surface area contributed by atoms with Crippen LogP contribution in [0.15, 0.2) is 164 Å². The molecule has 0 saturated carbocycles. The van der Waals surface area contributed by atoms with Gasteiger partial charge in [-0.05, 0) is 156 Å². The van der Waals surface area contributed by atoms with Crippen LogP contribution in [0.4, 0.5) is 0 Å². The molecule has 358 valence electrons. The Morgan fingerprint density at radius 3 is 0.892 bits per heavy atom. The Morgan fingerprint density at radius 2 is 0.622 bits per heavy atom. The third kappa shape index (κ3) is 8.14. The molecule has 9 aromatic carbocycles. The SMILES string of the molecule is Cc1cc(C)cc(-c2ccc3c4ccc(-c5cc(C)cc(C)c5)cc4n(-c4cc(C#N)cc(-n5c6cc(-c7cc(C)cc(C)c7)ccc6c6ccc(-c7cc(C)cc(C)c7)cc65)c4-c4cc(C)nc(C)n4)c3c2)c1. The van der Waals surface area contributed by atoms with E-state index in [9.17, 15) is 5.26 Å². The third-order valence-corrected chi connectivity index (χ3v) is 14.7. The molecule has 0 aliphatic rings. The number of hydrogen-bond donors (Lipinski definition) is 0. The smallest absolute Gasteiger partial charge is 0.126 e. The molecule has 5 heteroatoms. The standard InChI is InChI=1S/C69H57N5/c1-39-19-40(2)24-54(23-39)50-11-15-58-59-16-12-51(55-25-41(3)20-42(4)26-55)35-64(59)73(63(58)34-50)67-32-49(38-70)33-68(69(67)62-31-47(9)71-48(10)72-62)74-65-36-52(56-27-43(5)21-44(6)28-56)13-17-60(65)61-18-14-53(37-66(61)74)57-29-45(7)22-46(8)30-57/h11-37H,1-10H3. The first kappa shape index (κ1) is 46.2. The maximum Gasteiger partial charge on any atom is 0.126 e. The molecular weight excluding hydrogens is 899 g/mol. The lowest BCUT2D eigenvalue weighted by Crippen LogP contribution is -2.07. The molecule has 3 heterocycles. The number of benzene rings is 9. The molecule has 0 atom stereocenters. The Morgan fingerprint density at radius 1 is 0.324 bits per heavy atom. The minimum atomic E-state index is 0.540. The van der Waals surface area contributed by atoms with Crippen molar-refractivity contribution in [3.63, 3.8) is 0 Å². The van der Waals surface area contributed by atoms with Crippen LogP contribution in [0, 0.1) is 80.6 Å². The molecule has 0 radical (unpaired) electrons. The average molecular weight is 956 g/mol. The fourth-order valence-electron chi connectivity index (χ4n) is 12.0. The van der Waals surface area contributed by atoms with E-state index in [1.807, 2.05) is 13.8 Å². The zero-order chi connectivity index (χ0) is 51.3. The highest BCUT2D eigenvalue weighted by Crippen LogP contribution is 2.45. The van der Waals surface area contributed by atoms with Crippen molar-refractivity contribution in [2.24, 2.45) is 0 Å². The second kappa shape index (κ2) is 17.7. The summed E-state index contributed by atoms with van der Waals surface area (Å²) in [4.78, 5) is 10.2. The van der Waals surface area contributed by atoms with E-state index in [-0.39, 0.29) is 0 Å². The fourth-order valence-corrected chi connectivity index (χ4v) is 12.0. The van der Waals surface area contributed by atoms with Gasteiger partial charge in [-0.25, -0.2) is 9.97 Å². The number of aryl methyl sites for hydroxylation is 10. The summed E-state index contributed by atoms with van der Waals surface area (Å²) >= 11 is 0. The topological polar surface area (TPSA) is 59.4 Å². The Kier molecular flexibility index (Phi) is 11.1. The summed E-state index contributed by atoms with van der Waals surface area (Å²) < 4.78 is 4.82. The molecule has 0 aliphatic carbocycles. The van der Waals surface area contributed by atoms with Crippen molar-refractivity contribution in [2.75, 3.05) is 0 Å². The predicted molar refractivity (Wildman–Crippen MR) is 310 cm³/mol. The lowest BCUT2D eigenvalue weighted by Gasteiger charge is -2.21. The van der Waals surface area contributed by atoms with Crippen molar-refractivity contribution in [1.82, 2.24) is 19.1 Å². The number of hydrogen-bond acceptors (Lipinski definition) is 3. The van der Waals surface area contributed by atoms with Crippen LogP contribution in [0.3, 0.4) is 0 Å². The molecule has 0 N–H and O–H groups in total. The quantitative estimate of drug-likeness (QED) is 0.160. The molecule has 0 amide bonds. The van der Waals surface area contributed by atoms with Crippen LogP contribution in [0.5, 0.6) is 0 Å². The van der Waals surface area contributed by atoms with Crippen molar-refractivity contribution in [2.45, 2.75) is 69.2 Å². The summed E-state index contributed by atoms with van der Waals surface area (Å²) in [6.07, 6.45) is 0. The number of fused-ring (bicyclic) bond motifs is 6. The first-order valence-electron chi connectivity index (χ1n) is 25.6. The molecule has 0 bridgehead atoms. The Balaban J connectivity index is 1.26. The van der Waals surface area contributed by atoms with E-state index in [0.29, 0.717) is 11.4 Å². The number of aromatic nitrogens is 4. The zero-order valence-electron chi connectivity index (χ0n) is 43.8. The van der Waals surface area contributed by atoms with Crippen LogP contribution >= 0.6 is 0 Å². The van der Waals surface area contributed by atoms with Gasteiger partial charge in [0.25, 0.3) is 0 Å². The molecular formula is C69H57N5. The maximum atomic E-state index is 11.4. The van der Waals surface area contributed by atoms with E-state index < -0.39 is 0 Å². The number of rotatable bonds is 7. The van der Waals surface area contributed by atoms with Crippen molar-refractivity contribution >= 4 is 43.6 Å². The zero-order valence-corrected chi connectivity index (χ0v) is 43.8. The molecule has 0 unspecified atom stereocenters. The number of nitriles is 1. The van der Waals surface area contributed by atoms with Crippen molar-refractivity contribution in [3.05, 3.63) is 225 Å². The summed E-state index contributed by atoms with van der Waals surface area (Å²) in [6.45, 7) is 21.3. The van der Waals surface area contributed by atoms with E-state index in [2.05, 4.69) is 234 Å². The van der Waals surface area contributed by atoms with Crippen LogP contribution in [0.2, 0.25) is 0 Å². The first-order chi connectivity index (χ1) is 35.6. The van der Waals surface area contributed by atoms with Crippen LogP contribution in [0.25, 0.3) is 111 Å². The second-order valence-corrected chi connectivity index (χ2v) is 21.0. The van der Waals surface area contributed by atoms with Gasteiger partial charge in [-0.3, -0.25) is 0 Å². The molecule has 0 saturated heterocycles. The Hall–Kier alpha value is -8.85. The van der Waals surface area contributed by atoms with Crippen molar-refractivity contribution < 1.29 is 0 Å². The largest absolute Gasteiger partial charge is 0.308 e. The molecule has 0 aliphatic heterocycles. The monoisotopic (exact) mass is 955 g/mol. The molecule has 12 rings (SSSR count). The maximum absolute atomic E-state index is 11.4. The normalized spacial score (nSPS) is 11.6. The van der Waals surface area contributed by atoms with Gasteiger partial charge < -0.3 is 9.13 Å². The third-order valence-electron chi connectivity index (χ3n) is 14.7. The summed E-state index contributed by atoms with van der Waals surface area (Å²) in [5, 5.41) is 15.9. The average Bonchev–Trinajstić information content (AvgIpc) is 3.85. The van der Waals surface area contributed by atoms with Crippen molar-refractivity contribution in [3.8, 4) is 73.2 Å². The van der Waals surface area contributed by atoms with Gasteiger partial charge in [0.1, 0.15) is 5.82 Å². The molecule has 0 spiro atoms. The van der Waals surface area contributed by atoms with E-state index in [4.69, 9.17) is 9.97 Å². The van der Waals surface area contributed by atoms with Crippen molar-refractivity contribution in [1.29, 1.82) is 5.26 Å². The Bertz CT molecular complexity index is 3810. The van der Waals surface area contributed by atoms with E-state index in [1.165, 1.54) is 44.5 Å². The molecule has 3 aromatic heterocycles. The van der Waals surface area contributed by atoms with Crippen LogP contribution < -0.4 is 0 Å². The lowest BCUT2D eigenvalue weighted by molar-refractivity contribution is 1.01. The highest BCUT2D eigenvalue weighted by molar-refractivity contribution is 6.14. The van der Waals surface area contributed by atoms with Gasteiger partial charge >= 0.3 is 0 Å². The van der Waals surface area contributed by atoms with E-state index in [0.717, 1.165) is 116 Å².